The molecule has 200 valence electrons. The minimum absolute atomic E-state index is 0.0417. The summed E-state index contributed by atoms with van der Waals surface area (Å²) in [6, 6.07) is 15.4. The van der Waals surface area contributed by atoms with E-state index in [1.165, 1.54) is 25.7 Å². The molecule has 1 saturated carbocycles. The van der Waals surface area contributed by atoms with Crippen LogP contribution in [0.2, 0.25) is 5.02 Å². The summed E-state index contributed by atoms with van der Waals surface area (Å²) in [6.07, 6.45) is 6.66. The van der Waals surface area contributed by atoms with E-state index in [0.29, 0.717) is 49.4 Å². The van der Waals surface area contributed by atoms with E-state index in [1.54, 1.807) is 18.0 Å². The molecule has 0 unspecified atom stereocenters. The molecule has 7 heteroatoms. The molecule has 37 heavy (non-hydrogen) atoms. The summed E-state index contributed by atoms with van der Waals surface area (Å²) in [4.78, 5) is 30.1. The topological polar surface area (TPSA) is 59.1 Å². The Morgan fingerprint density at radius 2 is 1.92 bits per heavy atom. The molecular weight excluding hydrogens is 488 g/mol. The smallest absolute Gasteiger partial charge is 0.225 e. The minimum Gasteiger partial charge on any atom is -0.490 e. The van der Waals surface area contributed by atoms with Crippen molar-refractivity contribution >= 4 is 23.4 Å². The number of hydrogen-bond donors (Lipinski definition) is 0. The fourth-order valence-corrected chi connectivity index (χ4v) is 5.48. The van der Waals surface area contributed by atoms with E-state index in [0.717, 1.165) is 17.5 Å². The lowest BCUT2D eigenvalue weighted by atomic mass is 9.95. The number of rotatable bonds is 10. The van der Waals surface area contributed by atoms with Crippen LogP contribution in [-0.2, 0) is 20.9 Å². The van der Waals surface area contributed by atoms with Crippen molar-refractivity contribution in [1.82, 2.24) is 9.80 Å². The molecule has 1 aliphatic heterocycles. The Kier molecular flexibility index (Phi) is 9.49. The zero-order valence-electron chi connectivity index (χ0n) is 22.1. The van der Waals surface area contributed by atoms with Gasteiger partial charge in [0.15, 0.2) is 0 Å². The zero-order chi connectivity index (χ0) is 26.3. The maximum Gasteiger partial charge on any atom is 0.225 e. The SMILES string of the molecule is Cc1cc(OC[C@]2(CC(=O)N(C)Cc3ccccc3)CN(C(=O)CCC3CCCC3)CCO2)ccc1Cl. The predicted octanol–water partition coefficient (Wildman–Crippen LogP) is 5.64. The maximum absolute atomic E-state index is 13.4. The van der Waals surface area contributed by atoms with Gasteiger partial charge in [0.05, 0.1) is 19.6 Å². The van der Waals surface area contributed by atoms with E-state index in [2.05, 4.69) is 0 Å². The second-order valence-corrected chi connectivity index (χ2v) is 11.1. The van der Waals surface area contributed by atoms with E-state index in [1.807, 2.05) is 54.3 Å². The van der Waals surface area contributed by atoms with Crippen LogP contribution >= 0.6 is 11.6 Å². The standard InChI is InChI=1S/C30H39ClN2O4/c1-23-18-26(13-14-27(23)31)36-22-30(19-29(35)32(2)20-25-10-4-3-5-11-25)21-33(16-17-37-30)28(34)15-12-24-8-6-7-9-24/h3-5,10-11,13-14,18,24H,6-9,12,15-17,19-22H2,1-2H3/t30-/m0/s1. The lowest BCUT2D eigenvalue weighted by Gasteiger charge is -2.42. The average molecular weight is 527 g/mol. The van der Waals surface area contributed by atoms with Crippen LogP contribution in [-0.4, -0.2) is 60.6 Å². The first-order valence-electron chi connectivity index (χ1n) is 13.4. The summed E-state index contributed by atoms with van der Waals surface area (Å²) in [5.41, 5.74) is 1.06. The van der Waals surface area contributed by atoms with E-state index >= 15 is 0 Å². The van der Waals surface area contributed by atoms with Gasteiger partial charge in [-0.2, -0.15) is 0 Å². The Morgan fingerprint density at radius 3 is 2.65 bits per heavy atom. The molecular formula is C30H39ClN2O4. The molecule has 2 amide bonds. The molecule has 2 aromatic carbocycles. The highest BCUT2D eigenvalue weighted by Crippen LogP contribution is 2.30. The number of carbonyl (C=O) groups excluding carboxylic acids is 2. The highest BCUT2D eigenvalue weighted by Gasteiger charge is 2.42. The van der Waals surface area contributed by atoms with Crippen LogP contribution in [0.25, 0.3) is 0 Å². The summed E-state index contributed by atoms with van der Waals surface area (Å²) in [5.74, 6) is 1.44. The molecule has 4 rings (SSSR count). The fourth-order valence-electron chi connectivity index (χ4n) is 5.37. The molecule has 1 atom stereocenters. The number of nitrogens with zero attached hydrogens (tertiary/aromatic N) is 2. The van der Waals surface area contributed by atoms with Gasteiger partial charge in [-0.3, -0.25) is 9.59 Å². The zero-order valence-corrected chi connectivity index (χ0v) is 22.8. The van der Waals surface area contributed by atoms with Crippen molar-refractivity contribution in [2.75, 3.05) is 33.4 Å². The molecule has 0 aromatic heterocycles. The van der Waals surface area contributed by atoms with Gasteiger partial charge >= 0.3 is 0 Å². The van der Waals surface area contributed by atoms with E-state index in [4.69, 9.17) is 21.1 Å². The molecule has 2 fully saturated rings. The van der Waals surface area contributed by atoms with Crippen molar-refractivity contribution < 1.29 is 19.1 Å². The van der Waals surface area contributed by atoms with Gasteiger partial charge in [-0.05, 0) is 48.6 Å². The number of benzene rings is 2. The summed E-state index contributed by atoms with van der Waals surface area (Å²) in [7, 11) is 1.81. The number of aryl methyl sites for hydroxylation is 1. The molecule has 1 heterocycles. The van der Waals surface area contributed by atoms with E-state index < -0.39 is 5.60 Å². The van der Waals surface area contributed by atoms with Crippen molar-refractivity contribution in [3.05, 3.63) is 64.7 Å². The minimum atomic E-state index is -0.920. The van der Waals surface area contributed by atoms with Gasteiger partial charge in [0, 0.05) is 31.6 Å². The first kappa shape index (κ1) is 27.5. The first-order chi connectivity index (χ1) is 17.8. The van der Waals surface area contributed by atoms with Crippen molar-refractivity contribution in [2.24, 2.45) is 5.92 Å². The van der Waals surface area contributed by atoms with Crippen LogP contribution in [0.3, 0.4) is 0 Å². The average Bonchev–Trinajstić information content (AvgIpc) is 3.42. The normalized spacial score (nSPS) is 20.1. The van der Waals surface area contributed by atoms with Gasteiger partial charge in [0.1, 0.15) is 18.0 Å². The molecule has 0 N–H and O–H groups in total. The monoisotopic (exact) mass is 526 g/mol. The Balaban J connectivity index is 1.45. The third-order valence-corrected chi connectivity index (χ3v) is 8.06. The first-order valence-corrected chi connectivity index (χ1v) is 13.8. The number of hydrogen-bond acceptors (Lipinski definition) is 4. The van der Waals surface area contributed by atoms with Crippen molar-refractivity contribution in [1.29, 1.82) is 0 Å². The Hall–Kier alpha value is -2.57. The van der Waals surface area contributed by atoms with Gasteiger partial charge in [0.25, 0.3) is 0 Å². The van der Waals surface area contributed by atoms with Crippen LogP contribution in [0.4, 0.5) is 0 Å². The lowest BCUT2D eigenvalue weighted by Crippen LogP contribution is -2.58. The fraction of sp³-hybridized carbons (Fsp3) is 0.533. The van der Waals surface area contributed by atoms with Crippen LogP contribution in [0, 0.1) is 12.8 Å². The second kappa shape index (κ2) is 12.8. The third-order valence-electron chi connectivity index (χ3n) is 7.64. The molecule has 2 aromatic rings. The predicted molar refractivity (Wildman–Crippen MR) is 146 cm³/mol. The van der Waals surface area contributed by atoms with Gasteiger partial charge < -0.3 is 19.3 Å². The van der Waals surface area contributed by atoms with Gasteiger partial charge in [-0.25, -0.2) is 0 Å². The summed E-state index contributed by atoms with van der Waals surface area (Å²) < 4.78 is 12.4. The van der Waals surface area contributed by atoms with Crippen LogP contribution < -0.4 is 4.74 Å². The molecule has 1 aliphatic carbocycles. The Morgan fingerprint density at radius 1 is 1.16 bits per heavy atom. The molecule has 1 saturated heterocycles. The van der Waals surface area contributed by atoms with Crippen molar-refractivity contribution in [3.63, 3.8) is 0 Å². The van der Waals surface area contributed by atoms with E-state index in [9.17, 15) is 9.59 Å². The number of ether oxygens (including phenoxy) is 2. The summed E-state index contributed by atoms with van der Waals surface area (Å²) in [5, 5.41) is 0.674. The molecule has 0 spiro atoms. The molecule has 0 bridgehead atoms. The third kappa shape index (κ3) is 7.71. The maximum atomic E-state index is 13.4. The van der Waals surface area contributed by atoms with Crippen LogP contribution in [0.15, 0.2) is 48.5 Å². The van der Waals surface area contributed by atoms with Crippen molar-refractivity contribution in [3.8, 4) is 5.75 Å². The van der Waals surface area contributed by atoms with E-state index in [-0.39, 0.29) is 24.8 Å². The van der Waals surface area contributed by atoms with Crippen LogP contribution in [0.5, 0.6) is 5.75 Å². The quantitative estimate of drug-likeness (QED) is 0.402. The van der Waals surface area contributed by atoms with Gasteiger partial charge in [-0.15, -0.1) is 0 Å². The number of carbonyl (C=O) groups is 2. The van der Waals surface area contributed by atoms with Crippen molar-refractivity contribution in [2.45, 2.75) is 64.0 Å². The largest absolute Gasteiger partial charge is 0.490 e. The number of morpholine rings is 1. The molecule has 6 nitrogen and oxygen atoms in total. The highest BCUT2D eigenvalue weighted by molar-refractivity contribution is 6.31. The summed E-state index contributed by atoms with van der Waals surface area (Å²) >= 11 is 6.18. The van der Waals surface area contributed by atoms with Gasteiger partial charge in [-0.1, -0.05) is 67.6 Å². The molecule has 2 aliphatic rings. The highest BCUT2D eigenvalue weighted by atomic mass is 35.5. The lowest BCUT2D eigenvalue weighted by molar-refractivity contribution is -0.165. The number of halogens is 1. The Labute approximate surface area is 225 Å². The molecule has 0 radical (unpaired) electrons. The summed E-state index contributed by atoms with van der Waals surface area (Å²) in [6.45, 7) is 3.87. The van der Waals surface area contributed by atoms with Gasteiger partial charge in [0.2, 0.25) is 11.8 Å². The van der Waals surface area contributed by atoms with Crippen LogP contribution in [0.1, 0.15) is 56.1 Å². The number of amides is 2. The second-order valence-electron chi connectivity index (χ2n) is 10.6. The Bertz CT molecular complexity index is 1060.